The average molecular weight is 1350 g/mol. The molecule has 0 fully saturated rings. The molecule has 4 aliphatic rings. The van der Waals surface area contributed by atoms with Crippen LogP contribution in [0.5, 0.6) is 0 Å². The fourth-order valence-electron chi connectivity index (χ4n) is 15.5. The number of aromatic nitrogens is 9. The highest BCUT2D eigenvalue weighted by atomic mass is 16.4. The van der Waals surface area contributed by atoms with Crippen LogP contribution in [0.1, 0.15) is 63.8 Å². The summed E-state index contributed by atoms with van der Waals surface area (Å²) in [5.41, 5.74) is 18.4. The Hall–Kier alpha value is -12.4. The lowest BCUT2D eigenvalue weighted by Crippen LogP contribution is -2.42. The number of pyridine rings is 7. The number of fused-ring (bicyclic) bond motifs is 16. The van der Waals surface area contributed by atoms with Gasteiger partial charge in [0, 0.05) is 126 Å². The van der Waals surface area contributed by atoms with Crippen LogP contribution in [0.3, 0.4) is 0 Å². The molecule has 508 valence electrons. The number of anilines is 12. The van der Waals surface area contributed by atoms with Crippen molar-refractivity contribution >= 4 is 157 Å². The van der Waals surface area contributed by atoms with E-state index in [0.717, 1.165) is 151 Å². The predicted octanol–water partition coefficient (Wildman–Crippen LogP) is 18.6. The first-order valence-corrected chi connectivity index (χ1v) is 34.4. The van der Waals surface area contributed by atoms with Crippen molar-refractivity contribution in [2.75, 3.05) is 60.3 Å². The van der Waals surface area contributed by atoms with E-state index in [4.69, 9.17) is 22.7 Å². The molecule has 0 spiro atoms. The van der Waals surface area contributed by atoms with Crippen LogP contribution in [0.2, 0.25) is 0 Å². The third-order valence-corrected chi connectivity index (χ3v) is 20.7. The first-order chi connectivity index (χ1) is 49.6. The van der Waals surface area contributed by atoms with Crippen LogP contribution in [-0.2, 0) is 0 Å². The Kier molecular flexibility index (Phi) is 15.2. The SMILES string of the molecule is Cc1ccc2c(oc3ncccc32)c1N1c2cccnc2N(C)C1C.Cc1ccc2c(oc3ncccc32)c1N1c2ncccc2N(C(C)C)C1C.Cc1ccc2c(oc3ncccc32)c1N1c2ncccc2N(C)C1C.Cc1ccc2c(oc3ncccc32)c1N1c2nccnc2N(C)C1C. The number of hydrogen-bond donors (Lipinski definition) is 0. The number of rotatable bonds is 5. The fraction of sp³-hybridized carbons (Fsp3) is 0.222. The summed E-state index contributed by atoms with van der Waals surface area (Å²) < 4.78 is 24.8. The Morgan fingerprint density at radius 3 is 1.02 bits per heavy atom. The van der Waals surface area contributed by atoms with Crippen molar-refractivity contribution in [3.63, 3.8) is 0 Å². The summed E-state index contributed by atoms with van der Waals surface area (Å²) in [6.07, 6.45) is 16.6. The highest BCUT2D eigenvalue weighted by molar-refractivity contribution is 6.13. The van der Waals surface area contributed by atoms with Gasteiger partial charge in [-0.15, -0.1) is 0 Å². The molecule has 0 N–H and O–H groups in total. The van der Waals surface area contributed by atoms with Gasteiger partial charge in [-0.1, -0.05) is 48.5 Å². The summed E-state index contributed by atoms with van der Waals surface area (Å²) >= 11 is 0. The van der Waals surface area contributed by atoms with Crippen LogP contribution in [0.25, 0.3) is 88.3 Å². The molecular weight excluding hydrogens is 1280 g/mol. The first kappa shape index (κ1) is 63.1. The predicted molar refractivity (Wildman–Crippen MR) is 409 cm³/mol. The van der Waals surface area contributed by atoms with Gasteiger partial charge in [-0.3, -0.25) is 4.90 Å². The van der Waals surface area contributed by atoms with Gasteiger partial charge in [0.05, 0.1) is 39.8 Å². The Balaban J connectivity index is 0.000000101. The number of benzene rings is 4. The van der Waals surface area contributed by atoms with Crippen LogP contribution in [0, 0.1) is 27.7 Å². The fourth-order valence-corrected chi connectivity index (χ4v) is 15.5. The molecule has 0 saturated carbocycles. The van der Waals surface area contributed by atoms with Crippen molar-refractivity contribution in [1.29, 1.82) is 0 Å². The first-order valence-electron chi connectivity index (χ1n) is 34.4. The highest BCUT2D eigenvalue weighted by Gasteiger charge is 2.41. The number of aryl methyl sites for hydroxylation is 4. The van der Waals surface area contributed by atoms with Crippen molar-refractivity contribution < 1.29 is 17.7 Å². The van der Waals surface area contributed by atoms with Gasteiger partial charge in [0.2, 0.25) is 22.9 Å². The maximum atomic E-state index is 6.24. The highest BCUT2D eigenvalue weighted by Crippen LogP contribution is 2.52. The lowest BCUT2D eigenvalue weighted by molar-refractivity contribution is 0.601. The van der Waals surface area contributed by atoms with Gasteiger partial charge in [-0.05, 0) is 176 Å². The number of furan rings is 4. The molecule has 0 saturated heterocycles. The maximum absolute atomic E-state index is 6.24. The third kappa shape index (κ3) is 9.75. The maximum Gasteiger partial charge on any atom is 0.227 e. The van der Waals surface area contributed by atoms with Crippen molar-refractivity contribution in [3.05, 3.63) is 211 Å². The molecule has 4 aromatic carbocycles. The third-order valence-electron chi connectivity index (χ3n) is 20.7. The van der Waals surface area contributed by atoms with Crippen LogP contribution in [0.15, 0.2) is 207 Å². The van der Waals surface area contributed by atoms with Gasteiger partial charge < -0.3 is 52.0 Å². The van der Waals surface area contributed by atoms with E-state index >= 15 is 0 Å². The molecule has 102 heavy (non-hydrogen) atoms. The normalized spacial score (nSPS) is 16.8. The van der Waals surface area contributed by atoms with Gasteiger partial charge >= 0.3 is 0 Å². The Labute approximate surface area is 588 Å². The van der Waals surface area contributed by atoms with Gasteiger partial charge in [-0.2, -0.15) is 0 Å². The molecular formula is C81H75N17O4. The average Bonchev–Trinajstić information content (AvgIpc) is 1.60. The zero-order valence-electron chi connectivity index (χ0n) is 59.0. The van der Waals surface area contributed by atoms with Crippen LogP contribution < -0.4 is 39.2 Å². The molecule has 0 radical (unpaired) electrons. The van der Waals surface area contributed by atoms with Crippen molar-refractivity contribution in [2.24, 2.45) is 0 Å². The summed E-state index contributed by atoms with van der Waals surface area (Å²) in [6, 6.07) is 45.7. The second-order valence-electron chi connectivity index (χ2n) is 26.8. The molecule has 20 rings (SSSR count). The van der Waals surface area contributed by atoms with E-state index in [1.165, 1.54) is 5.56 Å². The molecule has 0 amide bonds. The minimum absolute atomic E-state index is 0.0860. The minimum atomic E-state index is 0.0860. The number of nitrogens with zero attached hydrogens (tertiary/aromatic N) is 17. The Morgan fingerprint density at radius 1 is 0.284 bits per heavy atom. The quantitative estimate of drug-likeness (QED) is 0.158. The molecule has 4 atom stereocenters. The van der Waals surface area contributed by atoms with Gasteiger partial charge in [0.15, 0.2) is 51.4 Å². The second-order valence-corrected chi connectivity index (χ2v) is 26.8. The van der Waals surface area contributed by atoms with E-state index in [1.54, 1.807) is 37.2 Å². The summed E-state index contributed by atoms with van der Waals surface area (Å²) in [6.45, 7) is 21.6. The molecule has 0 bridgehead atoms. The smallest absolute Gasteiger partial charge is 0.227 e. The largest absolute Gasteiger partial charge is 0.435 e. The zero-order chi connectivity index (χ0) is 70.1. The molecule has 12 aromatic heterocycles. The molecule has 21 heteroatoms. The molecule has 4 unspecified atom stereocenters. The van der Waals surface area contributed by atoms with Crippen LogP contribution in [0.4, 0.5) is 68.9 Å². The lowest BCUT2D eigenvalue weighted by Gasteiger charge is -2.33. The Bertz CT molecular complexity index is 5540. The van der Waals surface area contributed by atoms with E-state index in [0.29, 0.717) is 28.9 Å². The minimum Gasteiger partial charge on any atom is -0.435 e. The van der Waals surface area contributed by atoms with Gasteiger partial charge in [0.25, 0.3) is 0 Å². The van der Waals surface area contributed by atoms with E-state index in [9.17, 15) is 0 Å². The van der Waals surface area contributed by atoms with Gasteiger partial charge in [0.1, 0.15) is 24.7 Å². The summed E-state index contributed by atoms with van der Waals surface area (Å²) in [5, 5.41) is 8.49. The van der Waals surface area contributed by atoms with E-state index in [1.807, 2.05) is 74.2 Å². The van der Waals surface area contributed by atoms with Crippen molar-refractivity contribution in [2.45, 2.75) is 99.9 Å². The molecule has 16 aromatic rings. The van der Waals surface area contributed by atoms with Crippen LogP contribution >= 0.6 is 0 Å². The van der Waals surface area contributed by atoms with Crippen LogP contribution in [-0.4, -0.2) is 96.7 Å². The monoisotopic (exact) mass is 1350 g/mol. The summed E-state index contributed by atoms with van der Waals surface area (Å²) in [7, 11) is 6.21. The Morgan fingerprint density at radius 2 is 0.588 bits per heavy atom. The van der Waals surface area contributed by atoms with Crippen molar-refractivity contribution in [1.82, 2.24) is 44.9 Å². The molecule has 4 aliphatic heterocycles. The lowest BCUT2D eigenvalue weighted by atomic mass is 10.1. The number of hydrogen-bond acceptors (Lipinski definition) is 21. The zero-order valence-corrected chi connectivity index (χ0v) is 59.0. The molecule has 0 aliphatic carbocycles. The van der Waals surface area contributed by atoms with E-state index in [2.05, 4.69) is 247 Å². The van der Waals surface area contributed by atoms with Gasteiger partial charge in [-0.25, -0.2) is 44.9 Å². The van der Waals surface area contributed by atoms with Crippen molar-refractivity contribution in [3.8, 4) is 0 Å². The second kappa shape index (κ2) is 24.5. The molecule has 16 heterocycles. The molecule has 21 nitrogen and oxygen atoms in total. The van der Waals surface area contributed by atoms with E-state index < -0.39 is 0 Å². The topological polar surface area (TPSA) is 194 Å². The summed E-state index contributed by atoms with van der Waals surface area (Å²) in [5.74, 6) is 4.65. The summed E-state index contributed by atoms with van der Waals surface area (Å²) in [4.78, 5) is 58.6. The van der Waals surface area contributed by atoms with E-state index in [-0.39, 0.29) is 24.7 Å². The standard InChI is InChI=1S/C22H22N4O.2C20H18N4O.C19H17N5O/c1-13(2)25-15(4)26(21-18(25)8-6-11-23-21)19-14(3)9-10-16-17-7-5-12-24-22(17)27-20(16)19;1-12-8-9-14-15-6-4-11-22-20(15)25-18(14)17(12)24-13(2)23(3)19-16(24)7-5-10-21-19;1-12-8-9-14-15-6-4-11-22-20(15)25-18(14)17(12)24-13(2)23(3)16-7-5-10-21-19(16)24;1-11-6-7-13-14-5-4-8-22-19(14)25-16(13)15(11)24-12(2)23(3)17-18(24)21-10-9-20-17/h5-13,15H,1-4H3;2*4-11,13H,1-3H3;4-10,12H,1-3H3.